The number of carbonyl (C=O) groups is 2. The molecule has 0 unspecified atom stereocenters. The van der Waals surface area contributed by atoms with Gasteiger partial charge in [0, 0.05) is 22.2 Å². The monoisotopic (exact) mass is 353 g/mol. The minimum atomic E-state index is -0.286. The summed E-state index contributed by atoms with van der Waals surface area (Å²) in [6.07, 6.45) is 0.774. The number of nitrogens with zero attached hydrogens (tertiary/aromatic N) is 1. The maximum absolute atomic E-state index is 13.2. The van der Waals surface area contributed by atoms with Crippen LogP contribution in [0.25, 0.3) is 10.9 Å². The van der Waals surface area contributed by atoms with E-state index in [1.807, 2.05) is 24.3 Å². The van der Waals surface area contributed by atoms with Gasteiger partial charge < -0.3 is 14.2 Å². The van der Waals surface area contributed by atoms with Crippen LogP contribution < -0.4 is 14.2 Å². The van der Waals surface area contributed by atoms with E-state index in [1.54, 1.807) is 19.1 Å². The van der Waals surface area contributed by atoms with Gasteiger partial charge in [-0.2, -0.15) is 0 Å². The predicted molar refractivity (Wildman–Crippen MR) is 97.9 cm³/mol. The summed E-state index contributed by atoms with van der Waals surface area (Å²) in [5.74, 6) is 0.903. The lowest BCUT2D eigenvalue weighted by atomic mass is 10.1. The number of para-hydroxylation sites is 1. The molecule has 0 aliphatic heterocycles. The Kier molecular flexibility index (Phi) is 4.67. The van der Waals surface area contributed by atoms with E-state index in [0.29, 0.717) is 39.6 Å². The van der Waals surface area contributed by atoms with Gasteiger partial charge in [0.2, 0.25) is 5.75 Å². The number of hydrogen-bond donors (Lipinski definition) is 0. The van der Waals surface area contributed by atoms with Crippen molar-refractivity contribution >= 4 is 23.1 Å². The minimum Gasteiger partial charge on any atom is -0.493 e. The molecule has 0 bridgehead atoms. The molecule has 0 aliphatic rings. The summed E-state index contributed by atoms with van der Waals surface area (Å²) in [6, 6.07) is 10.5. The average Bonchev–Trinajstić information content (AvgIpc) is 2.97. The molecule has 2 aromatic carbocycles. The Hall–Kier alpha value is -3.28. The molecule has 0 fully saturated rings. The van der Waals surface area contributed by atoms with E-state index in [4.69, 9.17) is 14.2 Å². The van der Waals surface area contributed by atoms with Crippen molar-refractivity contribution in [2.75, 3.05) is 21.3 Å². The van der Waals surface area contributed by atoms with Crippen LogP contribution in [0.3, 0.4) is 0 Å². The van der Waals surface area contributed by atoms with Crippen LogP contribution in [0, 0.1) is 6.92 Å². The van der Waals surface area contributed by atoms with Crippen LogP contribution >= 0.6 is 0 Å². The topological polar surface area (TPSA) is 66.8 Å². The largest absolute Gasteiger partial charge is 0.493 e. The lowest BCUT2D eigenvalue weighted by Crippen LogP contribution is -2.14. The molecule has 1 heterocycles. The van der Waals surface area contributed by atoms with Crippen molar-refractivity contribution in [1.29, 1.82) is 0 Å². The van der Waals surface area contributed by atoms with Gasteiger partial charge in [0.1, 0.15) is 0 Å². The van der Waals surface area contributed by atoms with Gasteiger partial charge in [-0.15, -0.1) is 0 Å². The van der Waals surface area contributed by atoms with Crippen LogP contribution in [0.2, 0.25) is 0 Å². The highest BCUT2D eigenvalue weighted by atomic mass is 16.5. The zero-order chi connectivity index (χ0) is 18.8. The van der Waals surface area contributed by atoms with E-state index in [0.717, 1.165) is 11.7 Å². The van der Waals surface area contributed by atoms with Crippen molar-refractivity contribution in [2.24, 2.45) is 0 Å². The van der Waals surface area contributed by atoms with E-state index in [1.165, 1.54) is 25.9 Å². The van der Waals surface area contributed by atoms with Gasteiger partial charge in [0.15, 0.2) is 17.8 Å². The number of fused-ring (bicyclic) bond motifs is 1. The second kappa shape index (κ2) is 6.92. The predicted octanol–water partition coefficient (Wildman–Crippen LogP) is 3.48. The summed E-state index contributed by atoms with van der Waals surface area (Å²) < 4.78 is 17.5. The second-order valence-corrected chi connectivity index (χ2v) is 5.69. The van der Waals surface area contributed by atoms with E-state index < -0.39 is 0 Å². The van der Waals surface area contributed by atoms with E-state index in [2.05, 4.69) is 0 Å². The van der Waals surface area contributed by atoms with Gasteiger partial charge >= 0.3 is 0 Å². The molecule has 3 rings (SSSR count). The van der Waals surface area contributed by atoms with Crippen LogP contribution in [0.15, 0.2) is 36.4 Å². The van der Waals surface area contributed by atoms with E-state index in [9.17, 15) is 9.59 Å². The third-order valence-corrected chi connectivity index (χ3v) is 4.39. The van der Waals surface area contributed by atoms with Crippen molar-refractivity contribution in [2.45, 2.75) is 6.92 Å². The molecule has 6 nitrogen and oxygen atoms in total. The maximum atomic E-state index is 13.2. The fourth-order valence-electron chi connectivity index (χ4n) is 3.14. The zero-order valence-electron chi connectivity index (χ0n) is 15.0. The molecule has 0 radical (unpaired) electrons. The van der Waals surface area contributed by atoms with Crippen LogP contribution in [0.1, 0.15) is 26.4 Å². The lowest BCUT2D eigenvalue weighted by Gasteiger charge is -2.14. The highest BCUT2D eigenvalue weighted by Crippen LogP contribution is 2.38. The first-order valence-corrected chi connectivity index (χ1v) is 7.97. The normalized spacial score (nSPS) is 10.6. The smallest absolute Gasteiger partial charge is 0.262 e. The van der Waals surface area contributed by atoms with Crippen LogP contribution in [0.4, 0.5) is 0 Å². The standard InChI is InChI=1S/C20H19NO5/c1-12-15(11-22)14-7-5-6-8-16(14)21(12)20(23)13-9-17(24-2)19(26-4)18(10-13)25-3/h5-11H,1-4H3. The summed E-state index contributed by atoms with van der Waals surface area (Å²) in [6.45, 7) is 1.75. The number of rotatable bonds is 5. The molecule has 3 aromatic rings. The summed E-state index contributed by atoms with van der Waals surface area (Å²) in [7, 11) is 4.49. The Bertz CT molecular complexity index is 978. The van der Waals surface area contributed by atoms with Crippen LogP contribution in [-0.2, 0) is 0 Å². The quantitative estimate of drug-likeness (QED) is 0.657. The molecule has 0 spiro atoms. The first kappa shape index (κ1) is 17.5. The Morgan fingerprint density at radius 3 is 2.15 bits per heavy atom. The number of methoxy groups -OCH3 is 3. The molecule has 0 amide bonds. The number of carbonyl (C=O) groups excluding carboxylic acids is 2. The Labute approximate surface area is 150 Å². The van der Waals surface area contributed by atoms with Gasteiger partial charge in [0.05, 0.1) is 26.8 Å². The Balaban J connectivity index is 2.24. The van der Waals surface area contributed by atoms with Gasteiger partial charge in [-0.1, -0.05) is 18.2 Å². The molecule has 134 valence electrons. The average molecular weight is 353 g/mol. The van der Waals surface area contributed by atoms with Gasteiger partial charge in [-0.25, -0.2) is 0 Å². The highest BCUT2D eigenvalue weighted by molar-refractivity contribution is 6.08. The maximum Gasteiger partial charge on any atom is 0.262 e. The molecular formula is C20H19NO5. The Morgan fingerprint density at radius 2 is 1.62 bits per heavy atom. The molecule has 6 heteroatoms. The summed E-state index contributed by atoms with van der Waals surface area (Å²) in [5.41, 5.74) is 2.12. The molecule has 0 atom stereocenters. The van der Waals surface area contributed by atoms with Crippen molar-refractivity contribution in [1.82, 2.24) is 4.57 Å². The molecule has 1 aromatic heterocycles. The highest BCUT2D eigenvalue weighted by Gasteiger charge is 2.22. The first-order valence-electron chi connectivity index (χ1n) is 7.97. The fourth-order valence-corrected chi connectivity index (χ4v) is 3.14. The lowest BCUT2D eigenvalue weighted by molar-refractivity contribution is 0.0962. The number of hydrogen-bond acceptors (Lipinski definition) is 5. The molecule has 0 N–H and O–H groups in total. The van der Waals surface area contributed by atoms with Crippen molar-refractivity contribution in [3.63, 3.8) is 0 Å². The molecule has 0 saturated heterocycles. The minimum absolute atomic E-state index is 0.286. The number of ether oxygens (including phenoxy) is 3. The fraction of sp³-hybridized carbons (Fsp3) is 0.200. The SMILES string of the molecule is COc1cc(C(=O)n2c(C)c(C=O)c3ccccc32)cc(OC)c1OC. The van der Waals surface area contributed by atoms with E-state index in [-0.39, 0.29) is 5.91 Å². The summed E-state index contributed by atoms with van der Waals surface area (Å²) in [5, 5.41) is 0.737. The molecular weight excluding hydrogens is 334 g/mol. The van der Waals surface area contributed by atoms with E-state index >= 15 is 0 Å². The van der Waals surface area contributed by atoms with Gasteiger partial charge in [0.25, 0.3) is 5.91 Å². The zero-order valence-corrected chi connectivity index (χ0v) is 15.0. The van der Waals surface area contributed by atoms with Gasteiger partial charge in [-0.05, 0) is 25.1 Å². The van der Waals surface area contributed by atoms with Crippen LogP contribution in [0.5, 0.6) is 17.2 Å². The Morgan fingerprint density at radius 1 is 1.00 bits per heavy atom. The second-order valence-electron chi connectivity index (χ2n) is 5.69. The molecule has 26 heavy (non-hydrogen) atoms. The van der Waals surface area contributed by atoms with Gasteiger partial charge in [-0.3, -0.25) is 14.2 Å². The molecule has 0 aliphatic carbocycles. The van der Waals surface area contributed by atoms with Crippen LogP contribution in [-0.4, -0.2) is 38.1 Å². The first-order chi connectivity index (χ1) is 12.6. The number of aromatic nitrogens is 1. The summed E-state index contributed by atoms with van der Waals surface area (Å²) >= 11 is 0. The number of benzene rings is 2. The van der Waals surface area contributed by atoms with Crippen molar-refractivity contribution < 1.29 is 23.8 Å². The van der Waals surface area contributed by atoms with Crippen molar-refractivity contribution in [3.05, 3.63) is 53.2 Å². The van der Waals surface area contributed by atoms with Crippen molar-refractivity contribution in [3.8, 4) is 17.2 Å². The summed E-state index contributed by atoms with van der Waals surface area (Å²) in [4.78, 5) is 24.8. The third kappa shape index (κ3) is 2.60. The molecule has 0 saturated carbocycles. The third-order valence-electron chi connectivity index (χ3n) is 4.39. The number of aldehydes is 1.